The molecule has 0 fully saturated rings. The van der Waals surface area contributed by atoms with Gasteiger partial charge >= 0.3 is 0 Å². The Morgan fingerprint density at radius 1 is 0.333 bits per heavy atom. The van der Waals surface area contributed by atoms with Crippen molar-refractivity contribution >= 4 is 43.6 Å². The van der Waals surface area contributed by atoms with Gasteiger partial charge < -0.3 is 9.13 Å². The summed E-state index contributed by atoms with van der Waals surface area (Å²) in [6, 6.07) is 80.5. The second kappa shape index (κ2) is 15.8. The van der Waals surface area contributed by atoms with Crippen molar-refractivity contribution in [1.82, 2.24) is 14.1 Å². The number of pyridine rings is 1. The fourth-order valence-electron chi connectivity index (χ4n) is 10.4. The molecule has 12 aromatic rings. The van der Waals surface area contributed by atoms with E-state index in [2.05, 4.69) is 234 Å². The molecule has 4 nitrogen and oxygen atoms in total. The first-order valence-corrected chi connectivity index (χ1v) is 22.4. The van der Waals surface area contributed by atoms with Crippen LogP contribution < -0.4 is 0 Å². The average molecular weight is 843 g/mol. The summed E-state index contributed by atoms with van der Waals surface area (Å²) in [4.78, 5) is 4.79. The molecule has 0 N–H and O–H groups in total. The fourth-order valence-corrected chi connectivity index (χ4v) is 10.4. The lowest BCUT2D eigenvalue weighted by molar-refractivity contribution is 1.11. The topological polar surface area (TPSA) is 46.5 Å². The molecule has 0 aliphatic heterocycles. The molecule has 12 rings (SSSR count). The van der Waals surface area contributed by atoms with Gasteiger partial charge in [-0.2, -0.15) is 5.26 Å². The SMILES string of the molecule is Cc1cc(-c2cc(-n3c4cccc(-c5ccccc5)c4c4c(-c5ccccc5)cccc43)c(C#N)c(-n3c4cccc(-c5ccccc5)c4c4c(-c5ccccc5)cccc43)c2)cc(C)n1. The number of nitrogens with zero attached hydrogens (tertiary/aromatic N) is 4. The minimum absolute atomic E-state index is 0.573. The Bertz CT molecular complexity index is 3440. The van der Waals surface area contributed by atoms with E-state index in [1.807, 2.05) is 13.8 Å². The van der Waals surface area contributed by atoms with Crippen molar-refractivity contribution in [1.29, 1.82) is 5.26 Å². The van der Waals surface area contributed by atoms with E-state index < -0.39 is 0 Å². The van der Waals surface area contributed by atoms with Crippen molar-refractivity contribution in [2.75, 3.05) is 0 Å². The first-order valence-electron chi connectivity index (χ1n) is 22.4. The highest BCUT2D eigenvalue weighted by Gasteiger charge is 2.26. The lowest BCUT2D eigenvalue weighted by atomic mass is 9.95. The second-order valence-electron chi connectivity index (χ2n) is 17.1. The number of hydrogen-bond donors (Lipinski definition) is 0. The zero-order chi connectivity index (χ0) is 44.3. The van der Waals surface area contributed by atoms with Gasteiger partial charge in [-0.05, 0) is 118 Å². The zero-order valence-corrected chi connectivity index (χ0v) is 36.6. The molecule has 9 aromatic carbocycles. The number of hydrogen-bond acceptors (Lipinski definition) is 2. The third-order valence-electron chi connectivity index (χ3n) is 13.1. The number of fused-ring (bicyclic) bond motifs is 6. The van der Waals surface area contributed by atoms with Crippen molar-refractivity contribution in [3.05, 3.63) is 235 Å². The molecule has 0 atom stereocenters. The smallest absolute Gasteiger partial charge is 0.104 e. The summed E-state index contributed by atoms with van der Waals surface area (Å²) in [6.07, 6.45) is 0. The number of aryl methyl sites for hydroxylation is 2. The monoisotopic (exact) mass is 842 g/mol. The van der Waals surface area contributed by atoms with Crippen molar-refractivity contribution in [3.63, 3.8) is 0 Å². The van der Waals surface area contributed by atoms with Crippen LogP contribution in [0.25, 0.3) is 111 Å². The summed E-state index contributed by atoms with van der Waals surface area (Å²) in [6.45, 7) is 4.10. The Labute approximate surface area is 383 Å². The Kier molecular flexibility index (Phi) is 9.29. The maximum atomic E-state index is 11.9. The van der Waals surface area contributed by atoms with E-state index in [1.165, 1.54) is 0 Å². The second-order valence-corrected chi connectivity index (χ2v) is 17.1. The normalized spacial score (nSPS) is 11.5. The predicted molar refractivity (Wildman–Crippen MR) is 274 cm³/mol. The van der Waals surface area contributed by atoms with Gasteiger partial charge in [0.05, 0.1) is 33.4 Å². The molecule has 0 saturated carbocycles. The quantitative estimate of drug-likeness (QED) is 0.160. The Balaban J connectivity index is 1.27. The average Bonchev–Trinajstić information content (AvgIpc) is 3.90. The highest BCUT2D eigenvalue weighted by atomic mass is 15.0. The molecule has 66 heavy (non-hydrogen) atoms. The van der Waals surface area contributed by atoms with Crippen LogP contribution in [0.5, 0.6) is 0 Å². The third-order valence-corrected chi connectivity index (χ3v) is 13.1. The van der Waals surface area contributed by atoms with Gasteiger partial charge in [0.2, 0.25) is 0 Å². The van der Waals surface area contributed by atoms with E-state index in [4.69, 9.17) is 4.98 Å². The van der Waals surface area contributed by atoms with E-state index in [-0.39, 0.29) is 0 Å². The maximum Gasteiger partial charge on any atom is 0.104 e. The standard InChI is InChI=1S/C62H42N4/c1-40-35-46(36-41(2)64-40)47-37-57(65-53-31-15-27-48(42-19-7-3-8-20-42)59(53)60-49(28-16-32-54(60)65)43-21-9-4-10-22-43)52(39-63)58(38-47)66-55-33-17-29-50(44-23-11-5-12-24-44)61(55)62-51(30-18-34-56(62)66)45-25-13-6-14-26-45/h3-38H,1-2H3. The molecule has 4 heteroatoms. The molecule has 3 heterocycles. The van der Waals surface area contributed by atoms with E-state index in [9.17, 15) is 5.26 Å². The number of nitriles is 1. The lowest BCUT2D eigenvalue weighted by Crippen LogP contribution is -2.05. The van der Waals surface area contributed by atoms with Crippen LogP contribution in [0.4, 0.5) is 0 Å². The molecule has 0 amide bonds. The van der Waals surface area contributed by atoms with Gasteiger partial charge in [-0.15, -0.1) is 0 Å². The van der Waals surface area contributed by atoms with Crippen LogP contribution in [0.3, 0.4) is 0 Å². The van der Waals surface area contributed by atoms with Crippen molar-refractivity contribution in [2.45, 2.75) is 13.8 Å². The summed E-state index contributed by atoms with van der Waals surface area (Å²) in [5.41, 5.74) is 19.3. The van der Waals surface area contributed by atoms with Gasteiger partial charge in [-0.1, -0.05) is 170 Å². The number of rotatable bonds is 7. The molecule has 0 unspecified atom stereocenters. The highest BCUT2D eigenvalue weighted by molar-refractivity contribution is 6.22. The summed E-state index contributed by atoms with van der Waals surface area (Å²) < 4.78 is 4.68. The Hall–Kier alpha value is -8.78. The van der Waals surface area contributed by atoms with Crippen molar-refractivity contribution < 1.29 is 0 Å². The van der Waals surface area contributed by atoms with Crippen molar-refractivity contribution in [3.8, 4) is 73.1 Å². The molecule has 3 aromatic heterocycles. The van der Waals surface area contributed by atoms with Crippen LogP contribution in [0.1, 0.15) is 17.0 Å². The Morgan fingerprint density at radius 3 is 0.909 bits per heavy atom. The van der Waals surface area contributed by atoms with Gasteiger partial charge in [0.15, 0.2) is 0 Å². The highest BCUT2D eigenvalue weighted by Crippen LogP contribution is 2.47. The van der Waals surface area contributed by atoms with Gasteiger partial charge in [0.1, 0.15) is 11.6 Å². The summed E-state index contributed by atoms with van der Waals surface area (Å²) in [5, 5.41) is 16.4. The van der Waals surface area contributed by atoms with Gasteiger partial charge in [0.25, 0.3) is 0 Å². The van der Waals surface area contributed by atoms with E-state index in [0.29, 0.717) is 5.56 Å². The molecular weight excluding hydrogens is 801 g/mol. The van der Waals surface area contributed by atoms with Gasteiger partial charge in [-0.25, -0.2) is 0 Å². The number of aromatic nitrogens is 3. The van der Waals surface area contributed by atoms with Crippen LogP contribution in [0.15, 0.2) is 218 Å². The molecular formula is C62H42N4. The van der Waals surface area contributed by atoms with E-state index in [1.54, 1.807) is 0 Å². The molecule has 0 radical (unpaired) electrons. The van der Waals surface area contributed by atoms with Gasteiger partial charge in [0, 0.05) is 32.9 Å². The van der Waals surface area contributed by atoms with E-state index in [0.717, 1.165) is 122 Å². The first kappa shape index (κ1) is 38.9. The van der Waals surface area contributed by atoms with E-state index >= 15 is 0 Å². The maximum absolute atomic E-state index is 11.9. The van der Waals surface area contributed by atoms with Crippen molar-refractivity contribution in [2.24, 2.45) is 0 Å². The van der Waals surface area contributed by atoms with Crippen LogP contribution in [-0.2, 0) is 0 Å². The lowest BCUT2D eigenvalue weighted by Gasteiger charge is -2.19. The molecule has 0 saturated heterocycles. The third kappa shape index (κ3) is 6.25. The largest absolute Gasteiger partial charge is 0.308 e. The van der Waals surface area contributed by atoms with Crippen LogP contribution in [0, 0.1) is 25.2 Å². The minimum atomic E-state index is 0.573. The molecule has 0 bridgehead atoms. The Morgan fingerprint density at radius 2 is 0.621 bits per heavy atom. The van der Waals surface area contributed by atoms with Crippen LogP contribution in [-0.4, -0.2) is 14.1 Å². The molecule has 0 spiro atoms. The number of benzene rings is 9. The fraction of sp³-hybridized carbons (Fsp3) is 0.0323. The molecule has 0 aliphatic carbocycles. The minimum Gasteiger partial charge on any atom is -0.308 e. The summed E-state index contributed by atoms with van der Waals surface area (Å²) >= 11 is 0. The first-order chi connectivity index (χ1) is 32.6. The zero-order valence-electron chi connectivity index (χ0n) is 36.6. The predicted octanol–water partition coefficient (Wildman–Crippen LogP) is 16.1. The molecule has 0 aliphatic rings. The molecule has 310 valence electrons. The van der Waals surface area contributed by atoms with Gasteiger partial charge in [-0.3, -0.25) is 4.98 Å². The van der Waals surface area contributed by atoms with Crippen LogP contribution >= 0.6 is 0 Å². The summed E-state index contributed by atoms with van der Waals surface area (Å²) in [7, 11) is 0. The van der Waals surface area contributed by atoms with Crippen LogP contribution in [0.2, 0.25) is 0 Å². The summed E-state index contributed by atoms with van der Waals surface area (Å²) in [5.74, 6) is 0.